The van der Waals surface area contributed by atoms with Gasteiger partial charge in [-0.25, -0.2) is 0 Å². The molecular formula is C37H27NS. The van der Waals surface area contributed by atoms with Gasteiger partial charge in [0, 0.05) is 44.2 Å². The Morgan fingerprint density at radius 1 is 0.462 bits per heavy atom. The van der Waals surface area contributed by atoms with Crippen LogP contribution in [0.4, 0.5) is 11.4 Å². The van der Waals surface area contributed by atoms with Gasteiger partial charge in [-0.2, -0.15) is 0 Å². The number of hydrogen-bond donors (Lipinski definition) is 0. The number of nitrogens with zero attached hydrogens (tertiary/aromatic N) is 1. The van der Waals surface area contributed by atoms with Gasteiger partial charge in [0.1, 0.15) is 0 Å². The molecule has 1 heterocycles. The summed E-state index contributed by atoms with van der Waals surface area (Å²) in [5.74, 6) is 0. The molecule has 0 aliphatic carbocycles. The van der Waals surface area contributed by atoms with E-state index in [-0.39, 0.29) is 0 Å². The Labute approximate surface area is 233 Å². The molecule has 0 aliphatic rings. The molecule has 0 fully saturated rings. The molecule has 0 unspecified atom stereocenters. The van der Waals surface area contributed by atoms with Crippen molar-refractivity contribution in [2.45, 2.75) is 0 Å². The van der Waals surface area contributed by atoms with Gasteiger partial charge in [0.25, 0.3) is 0 Å². The largest absolute Gasteiger partial charge is 0.344 e. The number of thiophene rings is 1. The molecule has 0 saturated carbocycles. The molecule has 0 spiro atoms. The zero-order valence-electron chi connectivity index (χ0n) is 21.7. The molecule has 0 saturated heterocycles. The molecule has 186 valence electrons. The molecule has 2 heteroatoms. The zero-order valence-corrected chi connectivity index (χ0v) is 22.5. The number of benzene rings is 6. The quantitative estimate of drug-likeness (QED) is 0.219. The SMILES string of the molecule is CN(c1cc(-c2ccccc2)cc(-c2cccc3c2sc2ccccc23)c1)c1ccccc1-c1ccccc1. The van der Waals surface area contributed by atoms with Gasteiger partial charge in [-0.1, -0.05) is 115 Å². The molecule has 0 amide bonds. The molecule has 0 N–H and O–H groups in total. The van der Waals surface area contributed by atoms with Crippen LogP contribution in [-0.4, -0.2) is 7.05 Å². The smallest absolute Gasteiger partial charge is 0.0487 e. The first-order chi connectivity index (χ1) is 19.3. The van der Waals surface area contributed by atoms with Gasteiger partial charge < -0.3 is 4.90 Å². The average Bonchev–Trinajstić information content (AvgIpc) is 3.40. The van der Waals surface area contributed by atoms with Gasteiger partial charge in [-0.05, 0) is 58.1 Å². The van der Waals surface area contributed by atoms with E-state index in [1.54, 1.807) is 0 Å². The lowest BCUT2D eigenvalue weighted by Crippen LogP contribution is -2.11. The molecule has 0 bridgehead atoms. The van der Waals surface area contributed by atoms with Crippen molar-refractivity contribution in [1.29, 1.82) is 0 Å². The Bertz CT molecular complexity index is 1920. The van der Waals surface area contributed by atoms with Crippen molar-refractivity contribution >= 4 is 42.9 Å². The second-order valence-electron chi connectivity index (χ2n) is 9.86. The standard InChI is InChI=1S/C37H27NS/c1-38(35-21-10-8-17-31(35)27-15-6-3-7-16-27)30-24-28(26-13-4-2-5-14-26)23-29(25-30)32-19-12-20-34-33-18-9-11-22-36(33)39-37(32)34/h2-25H,1H3. The Kier molecular flexibility index (Phi) is 5.96. The first-order valence-electron chi connectivity index (χ1n) is 13.3. The fourth-order valence-electron chi connectivity index (χ4n) is 5.50. The van der Waals surface area contributed by atoms with Crippen LogP contribution in [0.25, 0.3) is 53.6 Å². The Hall–Kier alpha value is -4.66. The lowest BCUT2D eigenvalue weighted by atomic mass is 9.96. The zero-order chi connectivity index (χ0) is 26.2. The number of rotatable bonds is 5. The highest BCUT2D eigenvalue weighted by atomic mass is 32.1. The Morgan fingerprint density at radius 2 is 1.08 bits per heavy atom. The Morgan fingerprint density at radius 3 is 1.90 bits per heavy atom. The maximum absolute atomic E-state index is 2.34. The molecule has 7 aromatic rings. The summed E-state index contributed by atoms with van der Waals surface area (Å²) < 4.78 is 2.66. The molecule has 39 heavy (non-hydrogen) atoms. The predicted octanol–water partition coefficient (Wildman–Crippen LogP) is 10.8. The first kappa shape index (κ1) is 23.5. The lowest BCUT2D eigenvalue weighted by molar-refractivity contribution is 1.21. The molecule has 7 rings (SSSR count). The van der Waals surface area contributed by atoms with Gasteiger partial charge in [-0.15, -0.1) is 11.3 Å². The van der Waals surface area contributed by atoms with Crippen molar-refractivity contribution in [3.05, 3.63) is 146 Å². The highest BCUT2D eigenvalue weighted by Crippen LogP contribution is 2.43. The van der Waals surface area contributed by atoms with Gasteiger partial charge in [0.2, 0.25) is 0 Å². The maximum atomic E-state index is 2.34. The first-order valence-corrected chi connectivity index (χ1v) is 14.1. The summed E-state index contributed by atoms with van der Waals surface area (Å²) in [7, 11) is 2.18. The molecular weight excluding hydrogens is 490 g/mol. The van der Waals surface area contributed by atoms with Crippen molar-refractivity contribution in [3.8, 4) is 33.4 Å². The van der Waals surface area contributed by atoms with Crippen LogP contribution in [0.2, 0.25) is 0 Å². The van der Waals surface area contributed by atoms with E-state index in [9.17, 15) is 0 Å². The Balaban J connectivity index is 1.44. The highest BCUT2D eigenvalue weighted by molar-refractivity contribution is 7.26. The van der Waals surface area contributed by atoms with Crippen LogP contribution in [-0.2, 0) is 0 Å². The van der Waals surface area contributed by atoms with Crippen LogP contribution in [0.5, 0.6) is 0 Å². The topological polar surface area (TPSA) is 3.24 Å². The second kappa shape index (κ2) is 9.90. The highest BCUT2D eigenvalue weighted by Gasteiger charge is 2.16. The molecule has 6 aromatic carbocycles. The summed E-state index contributed by atoms with van der Waals surface area (Å²) in [4.78, 5) is 2.32. The van der Waals surface area contributed by atoms with Crippen LogP contribution < -0.4 is 4.90 Å². The summed E-state index contributed by atoms with van der Waals surface area (Å²) in [6.07, 6.45) is 0. The summed E-state index contributed by atoms with van der Waals surface area (Å²) in [5.41, 5.74) is 9.71. The average molecular weight is 518 g/mol. The van der Waals surface area contributed by atoms with E-state index in [2.05, 4.69) is 158 Å². The third-order valence-electron chi connectivity index (χ3n) is 7.48. The van der Waals surface area contributed by atoms with Gasteiger partial charge in [-0.3, -0.25) is 0 Å². The van der Waals surface area contributed by atoms with Gasteiger partial charge in [0.05, 0.1) is 0 Å². The second-order valence-corrected chi connectivity index (χ2v) is 10.9. The third kappa shape index (κ3) is 4.29. The monoisotopic (exact) mass is 517 g/mol. The van der Waals surface area contributed by atoms with E-state index >= 15 is 0 Å². The van der Waals surface area contributed by atoms with E-state index in [0.717, 1.165) is 5.69 Å². The van der Waals surface area contributed by atoms with Crippen LogP contribution in [0.1, 0.15) is 0 Å². The third-order valence-corrected chi connectivity index (χ3v) is 8.70. The fourth-order valence-corrected chi connectivity index (χ4v) is 6.74. The van der Waals surface area contributed by atoms with Crippen molar-refractivity contribution in [3.63, 3.8) is 0 Å². The molecule has 0 atom stereocenters. The van der Waals surface area contributed by atoms with Crippen LogP contribution in [0, 0.1) is 0 Å². The minimum atomic E-state index is 1.16. The minimum absolute atomic E-state index is 1.16. The molecule has 1 aromatic heterocycles. The number of para-hydroxylation sites is 1. The number of hydrogen-bond acceptors (Lipinski definition) is 2. The van der Waals surface area contributed by atoms with Crippen LogP contribution >= 0.6 is 11.3 Å². The summed E-state index contributed by atoms with van der Waals surface area (Å²) in [6, 6.07) is 52.4. The number of fused-ring (bicyclic) bond motifs is 3. The van der Waals surface area contributed by atoms with E-state index in [4.69, 9.17) is 0 Å². The van der Waals surface area contributed by atoms with Crippen molar-refractivity contribution in [2.24, 2.45) is 0 Å². The summed E-state index contributed by atoms with van der Waals surface area (Å²) in [6.45, 7) is 0. The summed E-state index contributed by atoms with van der Waals surface area (Å²) >= 11 is 1.88. The van der Waals surface area contributed by atoms with Crippen molar-refractivity contribution in [1.82, 2.24) is 0 Å². The molecule has 0 aliphatic heterocycles. The normalized spacial score (nSPS) is 11.2. The molecule has 0 radical (unpaired) electrons. The summed E-state index contributed by atoms with van der Waals surface area (Å²) in [5, 5.41) is 2.65. The predicted molar refractivity (Wildman–Crippen MR) is 170 cm³/mol. The van der Waals surface area contributed by atoms with Crippen molar-refractivity contribution in [2.75, 3.05) is 11.9 Å². The van der Waals surface area contributed by atoms with Gasteiger partial charge >= 0.3 is 0 Å². The van der Waals surface area contributed by atoms with E-state index in [1.165, 1.54) is 59.2 Å². The fraction of sp³-hybridized carbons (Fsp3) is 0.0270. The van der Waals surface area contributed by atoms with E-state index in [1.807, 2.05) is 11.3 Å². The maximum Gasteiger partial charge on any atom is 0.0487 e. The van der Waals surface area contributed by atoms with Crippen molar-refractivity contribution < 1.29 is 0 Å². The van der Waals surface area contributed by atoms with Gasteiger partial charge in [0.15, 0.2) is 0 Å². The van der Waals surface area contributed by atoms with Crippen LogP contribution in [0.15, 0.2) is 146 Å². The van der Waals surface area contributed by atoms with E-state index < -0.39 is 0 Å². The molecule has 1 nitrogen and oxygen atoms in total. The minimum Gasteiger partial charge on any atom is -0.344 e. The van der Waals surface area contributed by atoms with Crippen LogP contribution in [0.3, 0.4) is 0 Å². The van der Waals surface area contributed by atoms with E-state index in [0.29, 0.717) is 0 Å². The number of anilines is 2. The lowest BCUT2D eigenvalue weighted by Gasteiger charge is -2.24.